The summed E-state index contributed by atoms with van der Waals surface area (Å²) in [6.45, 7) is 13.3. The molecule has 0 aromatic rings. The number of ether oxygens (including phenoxy) is 3. The molecule has 0 aliphatic rings. The molecule has 172 valence electrons. The molecule has 0 saturated carbocycles. The second-order valence-corrected chi connectivity index (χ2v) is 5.58. The van der Waals surface area contributed by atoms with Crippen LogP contribution in [0.1, 0.15) is 59.8 Å². The van der Waals surface area contributed by atoms with Gasteiger partial charge < -0.3 is 36.3 Å². The van der Waals surface area contributed by atoms with Crippen molar-refractivity contribution in [1.82, 2.24) is 10.6 Å². The lowest BCUT2D eigenvalue weighted by atomic mass is 10.2. The van der Waals surface area contributed by atoms with Crippen molar-refractivity contribution in [3.63, 3.8) is 0 Å². The van der Waals surface area contributed by atoms with Crippen molar-refractivity contribution in [1.29, 1.82) is 0 Å². The maximum absolute atomic E-state index is 11.6. The summed E-state index contributed by atoms with van der Waals surface area (Å²) in [5.41, 5.74) is 10.9. The molecule has 1 amide bonds. The van der Waals surface area contributed by atoms with Crippen LogP contribution in [0.4, 0.5) is 0 Å². The average molecular weight is 409 g/mol. The molecular formula is C20H48N4O4. The Kier molecular flexibility index (Phi) is 35.3. The number of carbonyl (C=O) groups is 1. The Balaban J connectivity index is -0.00000146. The summed E-state index contributed by atoms with van der Waals surface area (Å²) in [5.74, 6) is 0.0957. The molecule has 0 spiro atoms. The molecule has 0 rings (SSSR count). The molecule has 0 aliphatic carbocycles. The fourth-order valence-electron chi connectivity index (χ4n) is 1.93. The van der Waals surface area contributed by atoms with Gasteiger partial charge in [-0.25, -0.2) is 0 Å². The Morgan fingerprint density at radius 3 is 2.04 bits per heavy atom. The summed E-state index contributed by atoms with van der Waals surface area (Å²) in [5, 5.41) is 6.15. The van der Waals surface area contributed by atoms with Crippen LogP contribution in [0.15, 0.2) is 0 Å². The Morgan fingerprint density at radius 1 is 0.821 bits per heavy atom. The van der Waals surface area contributed by atoms with Crippen LogP contribution >= 0.6 is 0 Å². The molecule has 0 atom stereocenters. The number of nitrogens with one attached hydrogen (secondary N) is 2. The number of nitrogens with two attached hydrogens (primary N) is 2. The maximum atomic E-state index is 11.6. The molecule has 0 fully saturated rings. The van der Waals surface area contributed by atoms with Crippen LogP contribution in [-0.4, -0.2) is 71.9 Å². The molecule has 0 saturated heterocycles. The molecule has 0 aromatic carbocycles. The minimum absolute atomic E-state index is 0.0957. The van der Waals surface area contributed by atoms with Crippen molar-refractivity contribution < 1.29 is 19.0 Å². The van der Waals surface area contributed by atoms with Crippen molar-refractivity contribution >= 4 is 5.91 Å². The number of carbonyl (C=O) groups excluding carboxylic acids is 1. The number of methoxy groups -OCH3 is 1. The summed E-state index contributed by atoms with van der Waals surface area (Å²) in [6, 6.07) is 0. The van der Waals surface area contributed by atoms with E-state index in [1.165, 1.54) is 0 Å². The first kappa shape index (κ1) is 31.9. The highest BCUT2D eigenvalue weighted by molar-refractivity contribution is 5.75. The summed E-state index contributed by atoms with van der Waals surface area (Å²) < 4.78 is 15.6. The van der Waals surface area contributed by atoms with Crippen LogP contribution in [0, 0.1) is 0 Å². The number of rotatable bonds is 18. The normalized spacial score (nSPS) is 10.0. The van der Waals surface area contributed by atoms with E-state index in [4.69, 9.17) is 25.7 Å². The van der Waals surface area contributed by atoms with E-state index in [1.807, 2.05) is 27.7 Å². The van der Waals surface area contributed by atoms with Gasteiger partial charge in [-0.1, -0.05) is 27.7 Å². The van der Waals surface area contributed by atoms with E-state index in [-0.39, 0.29) is 12.1 Å². The van der Waals surface area contributed by atoms with E-state index in [1.54, 1.807) is 7.11 Å². The van der Waals surface area contributed by atoms with Crippen molar-refractivity contribution in [2.75, 3.05) is 59.8 Å². The van der Waals surface area contributed by atoms with Gasteiger partial charge >= 0.3 is 0 Å². The second-order valence-electron chi connectivity index (χ2n) is 5.58. The zero-order valence-electron chi connectivity index (χ0n) is 19.1. The van der Waals surface area contributed by atoms with Crippen LogP contribution in [0.2, 0.25) is 0 Å². The highest BCUT2D eigenvalue weighted by Gasteiger charge is 2.00. The van der Waals surface area contributed by atoms with Gasteiger partial charge in [0.15, 0.2) is 0 Å². The van der Waals surface area contributed by atoms with Gasteiger partial charge in [0.05, 0.1) is 39.2 Å². The molecule has 0 unspecified atom stereocenters. The average Bonchev–Trinajstić information content (AvgIpc) is 2.71. The fraction of sp³-hybridized carbons (Fsp3) is 0.950. The van der Waals surface area contributed by atoms with Gasteiger partial charge in [0, 0.05) is 26.6 Å². The largest absolute Gasteiger partial charge is 0.382 e. The van der Waals surface area contributed by atoms with E-state index in [0.717, 1.165) is 38.8 Å². The van der Waals surface area contributed by atoms with Crippen LogP contribution < -0.4 is 22.1 Å². The lowest BCUT2D eigenvalue weighted by Crippen LogP contribution is -2.30. The van der Waals surface area contributed by atoms with Crippen molar-refractivity contribution in [2.45, 2.75) is 66.0 Å². The highest BCUT2D eigenvalue weighted by Crippen LogP contribution is 1.95. The molecule has 28 heavy (non-hydrogen) atoms. The molecule has 0 radical (unpaired) electrons. The van der Waals surface area contributed by atoms with Gasteiger partial charge in [0.2, 0.25) is 5.91 Å². The summed E-state index contributed by atoms with van der Waals surface area (Å²) in [4.78, 5) is 11.6. The van der Waals surface area contributed by atoms with Crippen molar-refractivity contribution in [3.8, 4) is 0 Å². The summed E-state index contributed by atoms with van der Waals surface area (Å²) in [7, 11) is 1.65. The Morgan fingerprint density at radius 2 is 1.43 bits per heavy atom. The van der Waals surface area contributed by atoms with Gasteiger partial charge in [-0.3, -0.25) is 4.79 Å². The predicted octanol–water partition coefficient (Wildman–Crippen LogP) is 1.62. The fourth-order valence-corrected chi connectivity index (χ4v) is 1.93. The third-order valence-corrected chi connectivity index (χ3v) is 3.27. The van der Waals surface area contributed by atoms with Crippen LogP contribution in [0.25, 0.3) is 0 Å². The standard InChI is InChI=1S/C16H36N4O4.2C2H6/c1-22-11-12-24-14-13-23-10-9-19-7-4-6-16(21)20-8-3-2-5-15(17)18;2*1-2/h15,19H,2-14,17-18H2,1H3,(H,20,21);2*1-2H3. The monoisotopic (exact) mass is 408 g/mol. The van der Waals surface area contributed by atoms with Gasteiger partial charge in [0.1, 0.15) is 0 Å². The van der Waals surface area contributed by atoms with Crippen LogP contribution in [0.5, 0.6) is 0 Å². The van der Waals surface area contributed by atoms with E-state index in [2.05, 4.69) is 10.6 Å². The van der Waals surface area contributed by atoms with E-state index in [9.17, 15) is 4.79 Å². The zero-order chi connectivity index (χ0) is 21.9. The zero-order valence-corrected chi connectivity index (χ0v) is 19.1. The third-order valence-electron chi connectivity index (χ3n) is 3.27. The lowest BCUT2D eigenvalue weighted by molar-refractivity contribution is -0.121. The molecular weight excluding hydrogens is 360 g/mol. The first-order chi connectivity index (χ1) is 13.7. The molecule has 8 heteroatoms. The van der Waals surface area contributed by atoms with Crippen molar-refractivity contribution in [2.24, 2.45) is 11.5 Å². The van der Waals surface area contributed by atoms with E-state index in [0.29, 0.717) is 46.0 Å². The smallest absolute Gasteiger partial charge is 0.220 e. The molecule has 0 heterocycles. The minimum Gasteiger partial charge on any atom is -0.382 e. The first-order valence-corrected chi connectivity index (χ1v) is 10.8. The maximum Gasteiger partial charge on any atom is 0.220 e. The van der Waals surface area contributed by atoms with Crippen LogP contribution in [-0.2, 0) is 19.0 Å². The number of hydrogen-bond donors (Lipinski definition) is 4. The Bertz CT molecular complexity index is 283. The van der Waals surface area contributed by atoms with Gasteiger partial charge in [-0.15, -0.1) is 0 Å². The van der Waals surface area contributed by atoms with Gasteiger partial charge in [-0.05, 0) is 32.2 Å². The molecule has 0 aliphatic heterocycles. The van der Waals surface area contributed by atoms with Crippen LogP contribution in [0.3, 0.4) is 0 Å². The Hall–Kier alpha value is -0.770. The number of hydrogen-bond acceptors (Lipinski definition) is 7. The second kappa shape index (κ2) is 30.9. The van der Waals surface area contributed by atoms with E-state index < -0.39 is 0 Å². The van der Waals surface area contributed by atoms with Crippen molar-refractivity contribution in [3.05, 3.63) is 0 Å². The first-order valence-electron chi connectivity index (χ1n) is 10.8. The lowest BCUT2D eigenvalue weighted by Gasteiger charge is -2.08. The topological polar surface area (TPSA) is 121 Å². The minimum atomic E-state index is -0.251. The SMILES string of the molecule is CC.CC.COCCOCCOCCNCCCC(=O)NCCCCC(N)N. The van der Waals surface area contributed by atoms with E-state index >= 15 is 0 Å². The summed E-state index contributed by atoms with van der Waals surface area (Å²) >= 11 is 0. The molecule has 0 aromatic heterocycles. The molecule has 6 N–H and O–H groups in total. The van der Waals surface area contributed by atoms with Gasteiger partial charge in [-0.2, -0.15) is 0 Å². The molecule has 8 nitrogen and oxygen atoms in total. The number of unbranched alkanes of at least 4 members (excludes halogenated alkanes) is 1. The summed E-state index contributed by atoms with van der Waals surface area (Å²) in [6.07, 6.45) is 3.76. The number of amides is 1. The quantitative estimate of drug-likeness (QED) is 0.201. The molecule has 0 bridgehead atoms. The highest BCUT2D eigenvalue weighted by atomic mass is 16.5. The Labute approximate surface area is 173 Å². The van der Waals surface area contributed by atoms with Gasteiger partial charge in [0.25, 0.3) is 0 Å². The third kappa shape index (κ3) is 32.9. The predicted molar refractivity (Wildman–Crippen MR) is 117 cm³/mol.